The highest BCUT2D eigenvalue weighted by Gasteiger charge is 2.36. The maximum absolute atomic E-state index is 12.8. The number of carboxylic acids is 1. The van der Waals surface area contributed by atoms with E-state index in [4.69, 9.17) is 0 Å². The van der Waals surface area contributed by atoms with Gasteiger partial charge in [0.05, 0.1) is 6.54 Å². The number of aliphatic carboxylic acids is 1. The van der Waals surface area contributed by atoms with Gasteiger partial charge in [-0.1, -0.05) is 48.5 Å². The molecule has 1 aliphatic rings. The summed E-state index contributed by atoms with van der Waals surface area (Å²) >= 11 is 0. The molecule has 2 aromatic rings. The third-order valence-electron chi connectivity index (χ3n) is 5.21. The first-order valence-corrected chi connectivity index (χ1v) is 10.4. The molecule has 4 N–H and O–H groups in total. The largest absolute Gasteiger partial charge is 0.480 e. The number of hydrogen-bond donors (Lipinski definition) is 4. The van der Waals surface area contributed by atoms with E-state index in [2.05, 4.69) is 16.0 Å². The molecule has 3 rings (SSSR count). The van der Waals surface area contributed by atoms with Crippen LogP contribution in [0.1, 0.15) is 28.8 Å². The second-order valence-electron chi connectivity index (χ2n) is 7.47. The SMILES string of the molecule is O=C(NCc1ccccc1)NC[C@H](NC(=O)[C@@H]1CCCN1C(=O)c1ccccc1)C(=O)O. The lowest BCUT2D eigenvalue weighted by atomic mass is 10.1. The van der Waals surface area contributed by atoms with Gasteiger partial charge in [0.15, 0.2) is 0 Å². The fourth-order valence-electron chi connectivity index (χ4n) is 3.53. The molecule has 9 heteroatoms. The zero-order chi connectivity index (χ0) is 22.9. The van der Waals surface area contributed by atoms with Gasteiger partial charge in [0.25, 0.3) is 5.91 Å². The number of carbonyl (C=O) groups excluding carboxylic acids is 3. The van der Waals surface area contributed by atoms with Crippen LogP contribution in [0.25, 0.3) is 0 Å². The number of hydrogen-bond acceptors (Lipinski definition) is 4. The van der Waals surface area contributed by atoms with Crippen molar-refractivity contribution >= 4 is 23.8 Å². The van der Waals surface area contributed by atoms with Crippen LogP contribution in [0.4, 0.5) is 4.79 Å². The monoisotopic (exact) mass is 438 g/mol. The zero-order valence-corrected chi connectivity index (χ0v) is 17.5. The number of nitrogens with one attached hydrogen (secondary N) is 3. The van der Waals surface area contributed by atoms with Crippen LogP contribution in [0.3, 0.4) is 0 Å². The summed E-state index contributed by atoms with van der Waals surface area (Å²) < 4.78 is 0. The van der Waals surface area contributed by atoms with Gasteiger partial charge < -0.3 is 26.0 Å². The molecule has 0 unspecified atom stereocenters. The predicted octanol–water partition coefficient (Wildman–Crippen LogP) is 1.36. The molecule has 1 heterocycles. The van der Waals surface area contributed by atoms with Crippen molar-refractivity contribution in [2.24, 2.45) is 0 Å². The third kappa shape index (κ3) is 6.07. The van der Waals surface area contributed by atoms with Crippen LogP contribution in [-0.4, -0.2) is 59.0 Å². The van der Waals surface area contributed by atoms with Crippen molar-refractivity contribution in [2.75, 3.05) is 13.1 Å². The van der Waals surface area contributed by atoms with Gasteiger partial charge in [-0.25, -0.2) is 9.59 Å². The Labute approximate surface area is 185 Å². The van der Waals surface area contributed by atoms with E-state index >= 15 is 0 Å². The van der Waals surface area contributed by atoms with Gasteiger partial charge in [-0.05, 0) is 30.5 Å². The molecule has 4 amide bonds. The average Bonchev–Trinajstić information content (AvgIpc) is 3.31. The fraction of sp³-hybridized carbons (Fsp3) is 0.304. The quantitative estimate of drug-likeness (QED) is 0.495. The minimum atomic E-state index is -1.32. The van der Waals surface area contributed by atoms with E-state index in [0.717, 1.165) is 5.56 Å². The van der Waals surface area contributed by atoms with E-state index < -0.39 is 30.0 Å². The maximum Gasteiger partial charge on any atom is 0.328 e. The molecule has 2 atom stereocenters. The number of carbonyl (C=O) groups is 4. The van der Waals surface area contributed by atoms with Crippen molar-refractivity contribution < 1.29 is 24.3 Å². The molecular weight excluding hydrogens is 412 g/mol. The van der Waals surface area contributed by atoms with E-state index in [-0.39, 0.29) is 19.0 Å². The van der Waals surface area contributed by atoms with Gasteiger partial charge in [-0.15, -0.1) is 0 Å². The van der Waals surface area contributed by atoms with Crippen LogP contribution in [0.15, 0.2) is 60.7 Å². The Kier molecular flexibility index (Phi) is 7.80. The lowest BCUT2D eigenvalue weighted by molar-refractivity contribution is -0.142. The molecule has 2 aromatic carbocycles. The third-order valence-corrected chi connectivity index (χ3v) is 5.21. The Morgan fingerprint density at radius 3 is 2.28 bits per heavy atom. The molecule has 0 aliphatic carbocycles. The van der Waals surface area contributed by atoms with Crippen molar-refractivity contribution in [2.45, 2.75) is 31.5 Å². The first-order chi connectivity index (χ1) is 15.5. The first kappa shape index (κ1) is 22.8. The average molecular weight is 438 g/mol. The molecule has 1 aliphatic heterocycles. The minimum absolute atomic E-state index is 0.270. The van der Waals surface area contributed by atoms with Gasteiger partial charge in [0.2, 0.25) is 5.91 Å². The highest BCUT2D eigenvalue weighted by molar-refractivity contribution is 5.98. The number of urea groups is 1. The summed E-state index contributed by atoms with van der Waals surface area (Å²) in [6.45, 7) is 0.417. The Morgan fingerprint density at radius 1 is 0.969 bits per heavy atom. The number of likely N-dealkylation sites (tertiary alicyclic amines) is 1. The number of rotatable bonds is 8. The number of amides is 4. The highest BCUT2D eigenvalue weighted by atomic mass is 16.4. The predicted molar refractivity (Wildman–Crippen MR) is 117 cm³/mol. The van der Waals surface area contributed by atoms with E-state index in [9.17, 15) is 24.3 Å². The number of carboxylic acid groups (broad SMARTS) is 1. The fourth-order valence-corrected chi connectivity index (χ4v) is 3.53. The summed E-state index contributed by atoms with van der Waals surface area (Å²) in [5, 5.41) is 17.0. The summed E-state index contributed by atoms with van der Waals surface area (Å²) in [6.07, 6.45) is 1.09. The van der Waals surface area contributed by atoms with Gasteiger partial charge >= 0.3 is 12.0 Å². The summed E-state index contributed by atoms with van der Waals surface area (Å²) in [5.74, 6) is -2.10. The summed E-state index contributed by atoms with van der Waals surface area (Å²) in [4.78, 5) is 50.6. The lowest BCUT2D eigenvalue weighted by Gasteiger charge is -2.25. The molecular formula is C23H26N4O5. The molecule has 0 saturated carbocycles. The Bertz CT molecular complexity index is 951. The Morgan fingerprint density at radius 2 is 1.62 bits per heavy atom. The van der Waals surface area contributed by atoms with Crippen LogP contribution in [0.2, 0.25) is 0 Å². The molecule has 32 heavy (non-hydrogen) atoms. The highest BCUT2D eigenvalue weighted by Crippen LogP contribution is 2.20. The molecule has 0 aromatic heterocycles. The van der Waals surface area contributed by atoms with Crippen molar-refractivity contribution in [1.82, 2.24) is 20.9 Å². The van der Waals surface area contributed by atoms with Crippen LogP contribution in [-0.2, 0) is 16.1 Å². The second kappa shape index (κ2) is 10.9. The van der Waals surface area contributed by atoms with Gasteiger partial charge in [0, 0.05) is 18.7 Å². The Balaban J connectivity index is 1.53. The van der Waals surface area contributed by atoms with Crippen molar-refractivity contribution in [1.29, 1.82) is 0 Å². The molecule has 1 saturated heterocycles. The summed E-state index contributed by atoms with van der Waals surface area (Å²) in [7, 11) is 0. The van der Waals surface area contributed by atoms with E-state index in [1.54, 1.807) is 30.3 Å². The van der Waals surface area contributed by atoms with Gasteiger partial charge in [0.1, 0.15) is 12.1 Å². The summed E-state index contributed by atoms with van der Waals surface area (Å²) in [6, 6.07) is 15.3. The van der Waals surface area contributed by atoms with E-state index in [0.29, 0.717) is 24.9 Å². The molecule has 9 nitrogen and oxygen atoms in total. The van der Waals surface area contributed by atoms with E-state index in [1.807, 2.05) is 30.3 Å². The first-order valence-electron chi connectivity index (χ1n) is 10.4. The van der Waals surface area contributed by atoms with Gasteiger partial charge in [-0.3, -0.25) is 9.59 Å². The normalized spacial score (nSPS) is 16.1. The van der Waals surface area contributed by atoms with Crippen molar-refractivity contribution in [3.8, 4) is 0 Å². The lowest BCUT2D eigenvalue weighted by Crippen LogP contribution is -2.54. The van der Waals surface area contributed by atoms with Crippen molar-refractivity contribution in [3.63, 3.8) is 0 Å². The van der Waals surface area contributed by atoms with Crippen LogP contribution in [0, 0.1) is 0 Å². The van der Waals surface area contributed by atoms with E-state index in [1.165, 1.54) is 4.90 Å². The number of benzene rings is 2. The van der Waals surface area contributed by atoms with Crippen molar-refractivity contribution in [3.05, 3.63) is 71.8 Å². The van der Waals surface area contributed by atoms with Crippen LogP contribution >= 0.6 is 0 Å². The minimum Gasteiger partial charge on any atom is -0.480 e. The van der Waals surface area contributed by atoms with Crippen LogP contribution in [0.5, 0.6) is 0 Å². The molecule has 1 fully saturated rings. The van der Waals surface area contributed by atoms with Crippen LogP contribution < -0.4 is 16.0 Å². The molecule has 168 valence electrons. The summed E-state index contributed by atoms with van der Waals surface area (Å²) in [5.41, 5.74) is 1.37. The smallest absolute Gasteiger partial charge is 0.328 e. The maximum atomic E-state index is 12.8. The topological polar surface area (TPSA) is 128 Å². The second-order valence-corrected chi connectivity index (χ2v) is 7.47. The standard InChI is InChI=1S/C23H26N4O5/c28-20(19-12-7-13-27(19)21(29)17-10-5-2-6-11-17)26-18(22(30)31)15-25-23(32)24-14-16-8-3-1-4-9-16/h1-6,8-11,18-19H,7,12-15H2,(H,26,28)(H,30,31)(H2,24,25,32)/t18-,19-/m0/s1. The number of nitrogens with zero attached hydrogens (tertiary/aromatic N) is 1. The van der Waals surface area contributed by atoms with Gasteiger partial charge in [-0.2, -0.15) is 0 Å². The Hall–Kier alpha value is -3.88. The zero-order valence-electron chi connectivity index (χ0n) is 17.5. The molecule has 0 bridgehead atoms. The molecule has 0 spiro atoms. The molecule has 0 radical (unpaired) electrons.